The van der Waals surface area contributed by atoms with Crippen molar-refractivity contribution in [3.63, 3.8) is 0 Å². The van der Waals surface area contributed by atoms with Gasteiger partial charge in [0.1, 0.15) is 12.4 Å². The van der Waals surface area contributed by atoms with Gasteiger partial charge < -0.3 is 10.1 Å². The Labute approximate surface area is 124 Å². The molecule has 0 aliphatic heterocycles. The predicted molar refractivity (Wildman–Crippen MR) is 75.4 cm³/mol. The number of alkyl carbamates (subject to hydrolysis) is 1. The normalized spacial score (nSPS) is 10.1. The van der Waals surface area contributed by atoms with Crippen LogP contribution >= 0.6 is 15.9 Å². The molecular formula is C14H12BrFN2O2. The highest BCUT2D eigenvalue weighted by atomic mass is 79.9. The number of aromatic nitrogens is 1. The maximum atomic E-state index is 13.5. The van der Waals surface area contributed by atoms with Gasteiger partial charge in [-0.05, 0) is 27.6 Å². The van der Waals surface area contributed by atoms with Gasteiger partial charge in [-0.2, -0.15) is 0 Å². The Bertz CT molecular complexity index is 593. The molecule has 0 unspecified atom stereocenters. The molecule has 0 fully saturated rings. The molecule has 1 N–H and O–H groups in total. The van der Waals surface area contributed by atoms with Crippen molar-refractivity contribution in [3.8, 4) is 0 Å². The highest BCUT2D eigenvalue weighted by Crippen LogP contribution is 2.12. The van der Waals surface area contributed by atoms with E-state index in [1.807, 2.05) is 30.3 Å². The molecule has 2 rings (SSSR count). The fourth-order valence-corrected chi connectivity index (χ4v) is 1.81. The molecule has 20 heavy (non-hydrogen) atoms. The predicted octanol–water partition coefficient (Wildman–Crippen LogP) is 3.41. The third-order valence-electron chi connectivity index (χ3n) is 2.50. The van der Waals surface area contributed by atoms with Gasteiger partial charge in [0.05, 0.1) is 12.2 Å². The van der Waals surface area contributed by atoms with E-state index >= 15 is 0 Å². The summed E-state index contributed by atoms with van der Waals surface area (Å²) in [5.74, 6) is -0.484. The van der Waals surface area contributed by atoms with Gasteiger partial charge in [0, 0.05) is 10.7 Å². The van der Waals surface area contributed by atoms with Crippen LogP contribution in [0.1, 0.15) is 11.3 Å². The third kappa shape index (κ3) is 4.31. The van der Waals surface area contributed by atoms with E-state index in [4.69, 9.17) is 4.74 Å². The number of amides is 1. The summed E-state index contributed by atoms with van der Waals surface area (Å²) in [6.45, 7) is 0.148. The summed E-state index contributed by atoms with van der Waals surface area (Å²) in [5, 5.41) is 2.45. The highest BCUT2D eigenvalue weighted by molar-refractivity contribution is 9.10. The summed E-state index contributed by atoms with van der Waals surface area (Å²) >= 11 is 3.11. The first-order valence-corrected chi connectivity index (χ1v) is 6.69. The summed E-state index contributed by atoms with van der Waals surface area (Å²) in [6, 6.07) is 10.6. The molecule has 0 atom stereocenters. The van der Waals surface area contributed by atoms with E-state index in [1.165, 1.54) is 12.3 Å². The summed E-state index contributed by atoms with van der Waals surface area (Å²) < 4.78 is 19.0. The van der Waals surface area contributed by atoms with Crippen molar-refractivity contribution in [1.29, 1.82) is 0 Å². The van der Waals surface area contributed by atoms with Crippen LogP contribution in [-0.2, 0) is 17.9 Å². The number of hydrogen-bond donors (Lipinski definition) is 1. The first kappa shape index (κ1) is 14.5. The average molecular weight is 339 g/mol. The van der Waals surface area contributed by atoms with Crippen LogP contribution < -0.4 is 5.32 Å². The molecule has 6 heteroatoms. The Kier molecular flexibility index (Phi) is 5.06. The van der Waals surface area contributed by atoms with Crippen LogP contribution in [0.15, 0.2) is 47.1 Å². The zero-order chi connectivity index (χ0) is 14.4. The molecule has 0 bridgehead atoms. The van der Waals surface area contributed by atoms with Crippen molar-refractivity contribution in [2.24, 2.45) is 0 Å². The zero-order valence-electron chi connectivity index (χ0n) is 10.5. The fourth-order valence-electron chi connectivity index (χ4n) is 1.50. The lowest BCUT2D eigenvalue weighted by Crippen LogP contribution is -2.24. The smallest absolute Gasteiger partial charge is 0.407 e. The van der Waals surface area contributed by atoms with Crippen LogP contribution in [0.4, 0.5) is 9.18 Å². The molecule has 104 valence electrons. The summed E-state index contributed by atoms with van der Waals surface area (Å²) in [7, 11) is 0. The zero-order valence-corrected chi connectivity index (χ0v) is 12.1. The minimum Gasteiger partial charge on any atom is -0.445 e. The van der Waals surface area contributed by atoms with Crippen molar-refractivity contribution < 1.29 is 13.9 Å². The van der Waals surface area contributed by atoms with Gasteiger partial charge >= 0.3 is 6.09 Å². The number of rotatable bonds is 4. The van der Waals surface area contributed by atoms with E-state index in [9.17, 15) is 9.18 Å². The number of halogens is 2. The Hall–Kier alpha value is -1.95. The molecule has 0 aliphatic rings. The molecule has 1 heterocycles. The van der Waals surface area contributed by atoms with Crippen LogP contribution in [0, 0.1) is 5.82 Å². The fraction of sp³-hybridized carbons (Fsp3) is 0.143. The van der Waals surface area contributed by atoms with Crippen LogP contribution in [0.3, 0.4) is 0 Å². The number of nitrogens with one attached hydrogen (secondary N) is 1. The molecule has 2 aromatic rings. The molecule has 0 aliphatic carbocycles. The first-order valence-electron chi connectivity index (χ1n) is 5.89. The first-order chi connectivity index (χ1) is 9.65. The molecule has 4 nitrogen and oxygen atoms in total. The van der Waals surface area contributed by atoms with Gasteiger partial charge in [-0.1, -0.05) is 30.3 Å². The molecule has 0 saturated carbocycles. The molecule has 0 spiro atoms. The van der Waals surface area contributed by atoms with Crippen LogP contribution in [-0.4, -0.2) is 11.1 Å². The van der Waals surface area contributed by atoms with Gasteiger partial charge in [-0.15, -0.1) is 0 Å². The van der Waals surface area contributed by atoms with Crippen molar-refractivity contribution in [1.82, 2.24) is 10.3 Å². The number of nitrogens with zero attached hydrogens (tertiary/aromatic N) is 1. The lowest BCUT2D eigenvalue weighted by Gasteiger charge is -2.07. The second-order valence-corrected chi connectivity index (χ2v) is 4.91. The van der Waals surface area contributed by atoms with Crippen molar-refractivity contribution in [3.05, 3.63) is 64.1 Å². The Balaban J connectivity index is 1.80. The monoisotopic (exact) mass is 338 g/mol. The van der Waals surface area contributed by atoms with Crippen LogP contribution in [0.2, 0.25) is 0 Å². The average Bonchev–Trinajstić information content (AvgIpc) is 2.45. The quantitative estimate of drug-likeness (QED) is 0.929. The van der Waals surface area contributed by atoms with E-state index in [-0.39, 0.29) is 18.8 Å². The van der Waals surface area contributed by atoms with Crippen molar-refractivity contribution >= 4 is 22.0 Å². The van der Waals surface area contributed by atoms with Gasteiger partial charge in [0.2, 0.25) is 0 Å². The SMILES string of the molecule is O=C(NCc1ncc(Br)cc1F)OCc1ccccc1. The Morgan fingerprint density at radius 1 is 1.35 bits per heavy atom. The topological polar surface area (TPSA) is 51.2 Å². The standard InChI is InChI=1S/C14H12BrFN2O2/c15-11-6-12(16)13(17-7-11)8-18-14(19)20-9-10-4-2-1-3-5-10/h1-7H,8-9H2,(H,18,19). The van der Waals surface area contributed by atoms with E-state index in [2.05, 4.69) is 26.2 Å². The summed E-state index contributed by atoms with van der Waals surface area (Å²) in [6.07, 6.45) is 0.855. The molecule has 1 amide bonds. The van der Waals surface area contributed by atoms with Crippen LogP contribution in [0.25, 0.3) is 0 Å². The van der Waals surface area contributed by atoms with Crippen LogP contribution in [0.5, 0.6) is 0 Å². The third-order valence-corrected chi connectivity index (χ3v) is 2.93. The number of carbonyl (C=O) groups excluding carboxylic acids is 1. The highest BCUT2D eigenvalue weighted by Gasteiger charge is 2.07. The van der Waals surface area contributed by atoms with E-state index in [1.54, 1.807) is 0 Å². The number of hydrogen-bond acceptors (Lipinski definition) is 3. The van der Waals surface area contributed by atoms with Crippen molar-refractivity contribution in [2.45, 2.75) is 13.2 Å². The molecule has 1 aromatic carbocycles. The van der Waals surface area contributed by atoms with Gasteiger partial charge in [0.25, 0.3) is 0 Å². The molecule has 1 aromatic heterocycles. The Morgan fingerprint density at radius 2 is 2.10 bits per heavy atom. The van der Waals surface area contributed by atoms with Gasteiger partial charge in [-0.3, -0.25) is 4.98 Å². The van der Waals surface area contributed by atoms with Gasteiger partial charge in [-0.25, -0.2) is 9.18 Å². The van der Waals surface area contributed by atoms with Crippen molar-refractivity contribution in [2.75, 3.05) is 0 Å². The largest absolute Gasteiger partial charge is 0.445 e. The van der Waals surface area contributed by atoms with Gasteiger partial charge in [0.15, 0.2) is 0 Å². The summed E-state index contributed by atoms with van der Waals surface area (Å²) in [4.78, 5) is 15.4. The number of benzene rings is 1. The molecular weight excluding hydrogens is 327 g/mol. The number of ether oxygens (including phenoxy) is 1. The minimum atomic E-state index is -0.613. The second kappa shape index (κ2) is 7.00. The second-order valence-electron chi connectivity index (χ2n) is 4.00. The van der Waals surface area contributed by atoms with E-state index in [0.717, 1.165) is 5.56 Å². The molecule has 0 saturated heterocycles. The lowest BCUT2D eigenvalue weighted by atomic mass is 10.2. The number of pyridine rings is 1. The lowest BCUT2D eigenvalue weighted by molar-refractivity contribution is 0.139. The minimum absolute atomic E-state index is 0.0211. The maximum Gasteiger partial charge on any atom is 0.407 e. The summed E-state index contributed by atoms with van der Waals surface area (Å²) in [5.41, 5.74) is 1.04. The van der Waals surface area contributed by atoms with E-state index < -0.39 is 11.9 Å². The number of carbonyl (C=O) groups is 1. The Morgan fingerprint density at radius 3 is 2.80 bits per heavy atom. The maximum absolute atomic E-state index is 13.5. The molecule has 0 radical (unpaired) electrons. The van der Waals surface area contributed by atoms with E-state index in [0.29, 0.717) is 4.47 Å².